The van der Waals surface area contributed by atoms with Gasteiger partial charge in [-0.3, -0.25) is 9.59 Å². The minimum absolute atomic E-state index is 0.120. The van der Waals surface area contributed by atoms with Crippen LogP contribution in [-0.2, 0) is 4.79 Å². The number of methoxy groups -OCH3 is 1. The summed E-state index contributed by atoms with van der Waals surface area (Å²) in [4.78, 5) is 27.0. The van der Waals surface area contributed by atoms with E-state index < -0.39 is 0 Å². The topological polar surface area (TPSA) is 67.9 Å². The van der Waals surface area contributed by atoms with Gasteiger partial charge in [0.2, 0.25) is 5.91 Å². The zero-order valence-electron chi connectivity index (χ0n) is 16.6. The van der Waals surface area contributed by atoms with Crippen molar-refractivity contribution in [2.45, 2.75) is 20.3 Å². The molecule has 0 spiro atoms. The van der Waals surface area contributed by atoms with E-state index in [0.29, 0.717) is 52.4 Å². The highest BCUT2D eigenvalue weighted by molar-refractivity contribution is 6.35. The average molecular weight is 439 g/mol. The molecule has 0 saturated heterocycles. The molecule has 2 aromatic rings. The summed E-state index contributed by atoms with van der Waals surface area (Å²) in [5.74, 6) is 0.378. The number of ether oxygens (including phenoxy) is 2. The fourth-order valence-corrected chi connectivity index (χ4v) is 3.08. The van der Waals surface area contributed by atoms with E-state index in [9.17, 15) is 9.59 Å². The van der Waals surface area contributed by atoms with Crippen LogP contribution in [0.5, 0.6) is 11.5 Å². The van der Waals surface area contributed by atoms with E-state index in [0.717, 1.165) is 0 Å². The Morgan fingerprint density at radius 3 is 2.48 bits per heavy atom. The van der Waals surface area contributed by atoms with Gasteiger partial charge in [0, 0.05) is 17.1 Å². The van der Waals surface area contributed by atoms with Crippen molar-refractivity contribution in [3.8, 4) is 11.5 Å². The molecule has 0 heterocycles. The van der Waals surface area contributed by atoms with Crippen molar-refractivity contribution in [2.75, 3.05) is 32.1 Å². The molecule has 2 aromatic carbocycles. The van der Waals surface area contributed by atoms with E-state index in [1.807, 2.05) is 13.8 Å². The van der Waals surface area contributed by atoms with Crippen molar-refractivity contribution >= 4 is 40.7 Å². The number of amides is 2. The first-order valence-electron chi connectivity index (χ1n) is 9.24. The molecule has 2 amide bonds. The summed E-state index contributed by atoms with van der Waals surface area (Å²) in [6.07, 6.45) is 0.700. The highest BCUT2D eigenvalue weighted by Crippen LogP contribution is 2.29. The minimum atomic E-state index is -0.366. The van der Waals surface area contributed by atoms with E-state index in [1.54, 1.807) is 36.4 Å². The molecule has 0 bridgehead atoms. The Kier molecular flexibility index (Phi) is 8.61. The summed E-state index contributed by atoms with van der Waals surface area (Å²) >= 11 is 12.0. The van der Waals surface area contributed by atoms with Crippen LogP contribution in [0.4, 0.5) is 5.69 Å². The first-order chi connectivity index (χ1) is 13.9. The number of hydrogen-bond donors (Lipinski definition) is 1. The molecule has 0 aromatic heterocycles. The number of carbonyl (C=O) groups is 2. The Morgan fingerprint density at radius 1 is 1.07 bits per heavy atom. The molecule has 29 heavy (non-hydrogen) atoms. The van der Waals surface area contributed by atoms with Crippen molar-refractivity contribution in [1.29, 1.82) is 0 Å². The van der Waals surface area contributed by atoms with Gasteiger partial charge in [-0.15, -0.1) is 0 Å². The second-order valence-electron chi connectivity index (χ2n) is 6.20. The van der Waals surface area contributed by atoms with Crippen LogP contribution >= 0.6 is 23.2 Å². The number of rotatable bonds is 9. The molecule has 0 saturated carbocycles. The van der Waals surface area contributed by atoms with Crippen LogP contribution in [0.1, 0.15) is 30.6 Å². The van der Waals surface area contributed by atoms with E-state index >= 15 is 0 Å². The van der Waals surface area contributed by atoms with Crippen LogP contribution in [0.2, 0.25) is 10.0 Å². The van der Waals surface area contributed by atoms with Crippen LogP contribution in [-0.4, -0.2) is 43.5 Å². The Labute approximate surface area is 180 Å². The highest BCUT2D eigenvalue weighted by Gasteiger charge is 2.20. The summed E-state index contributed by atoms with van der Waals surface area (Å²) in [5.41, 5.74) is 0.812. The van der Waals surface area contributed by atoms with Gasteiger partial charge in [0.05, 0.1) is 24.4 Å². The van der Waals surface area contributed by atoms with Crippen molar-refractivity contribution < 1.29 is 19.1 Å². The van der Waals surface area contributed by atoms with Gasteiger partial charge in [-0.25, -0.2) is 0 Å². The number of nitrogens with one attached hydrogen (secondary N) is 1. The molecular weight excluding hydrogens is 415 g/mol. The van der Waals surface area contributed by atoms with Gasteiger partial charge in [-0.2, -0.15) is 0 Å². The molecule has 1 N–H and O–H groups in total. The minimum Gasteiger partial charge on any atom is -0.493 e. The van der Waals surface area contributed by atoms with Gasteiger partial charge in [-0.1, -0.05) is 30.1 Å². The summed E-state index contributed by atoms with van der Waals surface area (Å²) in [7, 11) is 1.54. The van der Waals surface area contributed by atoms with Gasteiger partial charge in [-0.05, 0) is 49.7 Å². The van der Waals surface area contributed by atoms with Crippen LogP contribution in [0.3, 0.4) is 0 Å². The normalized spacial score (nSPS) is 10.4. The van der Waals surface area contributed by atoms with Gasteiger partial charge in [0.15, 0.2) is 11.5 Å². The summed E-state index contributed by atoms with van der Waals surface area (Å²) in [5, 5.41) is 3.52. The molecule has 156 valence electrons. The molecule has 0 unspecified atom stereocenters. The molecular formula is C21H24Cl2N2O4. The van der Waals surface area contributed by atoms with Gasteiger partial charge in [0.25, 0.3) is 5.91 Å². The summed E-state index contributed by atoms with van der Waals surface area (Å²) in [6, 6.07) is 9.74. The molecule has 0 radical (unpaired) electrons. The number of hydrogen-bond acceptors (Lipinski definition) is 4. The molecule has 0 atom stereocenters. The van der Waals surface area contributed by atoms with Crippen molar-refractivity contribution in [3.05, 3.63) is 52.0 Å². The Balaban J connectivity index is 2.17. The van der Waals surface area contributed by atoms with Gasteiger partial charge in [0.1, 0.15) is 6.54 Å². The maximum Gasteiger partial charge on any atom is 0.254 e. The maximum absolute atomic E-state index is 13.0. The SMILES string of the molecule is CCCN(CC(=O)Nc1cc(Cl)ccc1Cl)C(=O)c1ccc(OC)c(OCC)c1. The number of nitrogens with zero attached hydrogens (tertiary/aromatic N) is 1. The predicted octanol–water partition coefficient (Wildman–Crippen LogP) is 4.89. The second-order valence-corrected chi connectivity index (χ2v) is 7.04. The molecule has 0 fully saturated rings. The fraction of sp³-hybridized carbons (Fsp3) is 0.333. The zero-order valence-corrected chi connectivity index (χ0v) is 18.1. The maximum atomic E-state index is 13.0. The van der Waals surface area contributed by atoms with Crippen molar-refractivity contribution in [3.63, 3.8) is 0 Å². The van der Waals surface area contributed by atoms with E-state index in [4.69, 9.17) is 32.7 Å². The van der Waals surface area contributed by atoms with Crippen LogP contribution in [0.25, 0.3) is 0 Å². The van der Waals surface area contributed by atoms with Crippen molar-refractivity contribution in [2.24, 2.45) is 0 Å². The number of benzene rings is 2. The predicted molar refractivity (Wildman–Crippen MR) is 115 cm³/mol. The number of carbonyl (C=O) groups excluding carboxylic acids is 2. The van der Waals surface area contributed by atoms with Crippen LogP contribution in [0.15, 0.2) is 36.4 Å². The van der Waals surface area contributed by atoms with Crippen molar-refractivity contribution in [1.82, 2.24) is 4.90 Å². The molecule has 2 rings (SSSR count). The lowest BCUT2D eigenvalue weighted by atomic mass is 10.1. The third-order valence-corrected chi connectivity index (χ3v) is 4.59. The summed E-state index contributed by atoms with van der Waals surface area (Å²) in [6.45, 7) is 4.53. The number of anilines is 1. The Morgan fingerprint density at radius 2 is 1.83 bits per heavy atom. The molecule has 8 heteroatoms. The largest absolute Gasteiger partial charge is 0.493 e. The molecule has 0 aliphatic rings. The second kappa shape index (κ2) is 10.9. The zero-order chi connectivity index (χ0) is 21.4. The lowest BCUT2D eigenvalue weighted by Gasteiger charge is -2.22. The molecule has 0 aliphatic heterocycles. The first kappa shape index (κ1) is 22.8. The Hall–Kier alpha value is -2.44. The Bertz CT molecular complexity index is 874. The van der Waals surface area contributed by atoms with E-state index in [2.05, 4.69) is 5.32 Å². The van der Waals surface area contributed by atoms with Crippen LogP contribution in [0, 0.1) is 0 Å². The lowest BCUT2D eigenvalue weighted by molar-refractivity contribution is -0.116. The third-order valence-electron chi connectivity index (χ3n) is 4.03. The smallest absolute Gasteiger partial charge is 0.254 e. The standard InChI is InChI=1S/C21H24Cl2N2O4/c1-4-10-25(13-20(26)24-17-12-15(22)7-8-16(17)23)21(27)14-6-9-18(28-3)19(11-14)29-5-2/h6-9,11-12H,4-5,10,13H2,1-3H3,(H,24,26). The van der Waals surface area contributed by atoms with E-state index in [1.165, 1.54) is 12.0 Å². The third kappa shape index (κ3) is 6.27. The monoisotopic (exact) mass is 438 g/mol. The van der Waals surface area contributed by atoms with Gasteiger partial charge >= 0.3 is 0 Å². The highest BCUT2D eigenvalue weighted by atomic mass is 35.5. The average Bonchev–Trinajstić information content (AvgIpc) is 2.70. The lowest BCUT2D eigenvalue weighted by Crippen LogP contribution is -2.38. The summed E-state index contributed by atoms with van der Waals surface area (Å²) < 4.78 is 10.8. The first-order valence-corrected chi connectivity index (χ1v) is 10.00. The molecule has 0 aliphatic carbocycles. The number of halogens is 2. The quantitative estimate of drug-likeness (QED) is 0.604. The fourth-order valence-electron chi connectivity index (χ4n) is 2.74. The molecule has 6 nitrogen and oxygen atoms in total. The van der Waals surface area contributed by atoms with E-state index in [-0.39, 0.29) is 18.4 Å². The van der Waals surface area contributed by atoms with Crippen LogP contribution < -0.4 is 14.8 Å². The van der Waals surface area contributed by atoms with Gasteiger partial charge < -0.3 is 19.7 Å².